The van der Waals surface area contributed by atoms with E-state index in [1.54, 1.807) is 0 Å². The molecule has 0 unspecified atom stereocenters. The molecule has 0 aromatic heterocycles. The molecule has 1 aromatic carbocycles. The first kappa shape index (κ1) is 19.4. The second-order valence-corrected chi connectivity index (χ2v) is 6.60. The second kappa shape index (κ2) is 8.97. The van der Waals surface area contributed by atoms with Crippen molar-refractivity contribution in [1.29, 1.82) is 0 Å². The first-order chi connectivity index (χ1) is 12.0. The van der Waals surface area contributed by atoms with Gasteiger partial charge in [0.05, 0.1) is 6.42 Å². The predicted molar refractivity (Wildman–Crippen MR) is 98.9 cm³/mol. The van der Waals surface area contributed by atoms with Crippen LogP contribution >= 0.6 is 0 Å². The van der Waals surface area contributed by atoms with E-state index in [1.165, 1.54) is 0 Å². The number of aliphatic carboxylic acids is 1. The summed E-state index contributed by atoms with van der Waals surface area (Å²) in [6, 6.07) is 5.23. The van der Waals surface area contributed by atoms with Crippen LogP contribution in [0.1, 0.15) is 31.4 Å². The lowest BCUT2D eigenvalue weighted by Gasteiger charge is -2.35. The SMILES string of the molecule is CCc1cccc(CC)c1NC(=O)C[C@@H](C(=O)O)N1CCN(C)CC1. The van der Waals surface area contributed by atoms with E-state index in [0.717, 1.165) is 42.7 Å². The van der Waals surface area contributed by atoms with Gasteiger partial charge in [-0.2, -0.15) is 0 Å². The summed E-state index contributed by atoms with van der Waals surface area (Å²) in [6.07, 6.45) is 1.62. The van der Waals surface area contributed by atoms with E-state index in [4.69, 9.17) is 0 Å². The highest BCUT2D eigenvalue weighted by atomic mass is 16.4. The molecule has 25 heavy (non-hydrogen) atoms. The smallest absolute Gasteiger partial charge is 0.321 e. The monoisotopic (exact) mass is 347 g/mol. The number of hydrogen-bond acceptors (Lipinski definition) is 4. The number of carboxylic acids is 1. The van der Waals surface area contributed by atoms with E-state index < -0.39 is 12.0 Å². The van der Waals surface area contributed by atoms with E-state index in [0.29, 0.717) is 13.1 Å². The minimum atomic E-state index is -0.931. The molecule has 1 saturated heterocycles. The number of hydrogen-bond donors (Lipinski definition) is 2. The summed E-state index contributed by atoms with van der Waals surface area (Å²) in [5, 5.41) is 12.5. The fourth-order valence-electron chi connectivity index (χ4n) is 3.28. The molecule has 0 spiro atoms. The number of carboxylic acid groups (broad SMARTS) is 1. The molecule has 138 valence electrons. The quantitative estimate of drug-likeness (QED) is 0.787. The van der Waals surface area contributed by atoms with Gasteiger partial charge in [0.15, 0.2) is 0 Å². The third kappa shape index (κ3) is 5.03. The number of nitrogens with one attached hydrogen (secondary N) is 1. The Balaban J connectivity index is 2.08. The number of benzene rings is 1. The number of para-hydroxylation sites is 1. The third-order valence-corrected chi connectivity index (χ3v) is 4.91. The second-order valence-electron chi connectivity index (χ2n) is 6.60. The summed E-state index contributed by atoms with van der Waals surface area (Å²) in [5.41, 5.74) is 3.01. The highest BCUT2D eigenvalue weighted by Crippen LogP contribution is 2.23. The maximum Gasteiger partial charge on any atom is 0.321 e. The minimum Gasteiger partial charge on any atom is -0.480 e. The van der Waals surface area contributed by atoms with Crippen molar-refractivity contribution in [2.45, 2.75) is 39.2 Å². The van der Waals surface area contributed by atoms with Crippen molar-refractivity contribution in [3.63, 3.8) is 0 Å². The van der Waals surface area contributed by atoms with Crippen molar-refractivity contribution < 1.29 is 14.7 Å². The number of amides is 1. The van der Waals surface area contributed by atoms with Gasteiger partial charge in [-0.05, 0) is 31.0 Å². The minimum absolute atomic E-state index is 0.0275. The van der Waals surface area contributed by atoms with Crippen molar-refractivity contribution in [3.8, 4) is 0 Å². The van der Waals surface area contributed by atoms with E-state index >= 15 is 0 Å². The van der Waals surface area contributed by atoms with Crippen LogP contribution in [0.25, 0.3) is 0 Å². The lowest BCUT2D eigenvalue weighted by Crippen LogP contribution is -2.52. The zero-order chi connectivity index (χ0) is 18.4. The first-order valence-electron chi connectivity index (χ1n) is 9.02. The van der Waals surface area contributed by atoms with Gasteiger partial charge >= 0.3 is 5.97 Å². The maximum absolute atomic E-state index is 12.6. The number of carbonyl (C=O) groups is 2. The number of rotatable bonds is 7. The Hall–Kier alpha value is -1.92. The molecular weight excluding hydrogens is 318 g/mol. The van der Waals surface area contributed by atoms with Crippen LogP contribution < -0.4 is 5.32 Å². The van der Waals surface area contributed by atoms with Crippen LogP contribution in [0, 0.1) is 0 Å². The van der Waals surface area contributed by atoms with E-state index in [-0.39, 0.29) is 12.3 Å². The molecule has 2 N–H and O–H groups in total. The van der Waals surface area contributed by atoms with Crippen molar-refractivity contribution in [1.82, 2.24) is 9.80 Å². The molecule has 0 saturated carbocycles. The predicted octanol–water partition coefficient (Wildman–Crippen LogP) is 1.84. The molecule has 0 aliphatic carbocycles. The molecule has 1 amide bonds. The van der Waals surface area contributed by atoms with E-state index in [1.807, 2.05) is 30.1 Å². The van der Waals surface area contributed by atoms with Crippen LogP contribution in [0.2, 0.25) is 0 Å². The van der Waals surface area contributed by atoms with Crippen molar-refractivity contribution in [2.24, 2.45) is 0 Å². The van der Waals surface area contributed by atoms with Crippen LogP contribution in [0.4, 0.5) is 5.69 Å². The molecule has 1 aliphatic rings. The molecule has 1 atom stereocenters. The molecule has 0 bridgehead atoms. The molecule has 1 aromatic rings. The average molecular weight is 347 g/mol. The molecule has 6 heteroatoms. The number of likely N-dealkylation sites (N-methyl/N-ethyl adjacent to an activating group) is 1. The van der Waals surface area contributed by atoms with Gasteiger partial charge in [0.1, 0.15) is 6.04 Å². The summed E-state index contributed by atoms with van der Waals surface area (Å²) in [6.45, 7) is 7.09. The summed E-state index contributed by atoms with van der Waals surface area (Å²) in [5.74, 6) is -1.17. The van der Waals surface area contributed by atoms with Crippen molar-refractivity contribution >= 4 is 17.6 Å². The standard InChI is InChI=1S/C19H29N3O3/c1-4-14-7-6-8-15(5-2)18(14)20-17(23)13-16(19(24)25)22-11-9-21(3)10-12-22/h6-8,16H,4-5,9-13H2,1-3H3,(H,20,23)(H,24,25)/t16-/m0/s1. The zero-order valence-electron chi connectivity index (χ0n) is 15.4. The van der Waals surface area contributed by atoms with Gasteiger partial charge in [0.2, 0.25) is 5.91 Å². The summed E-state index contributed by atoms with van der Waals surface area (Å²) in [4.78, 5) is 28.3. The number of piperazine rings is 1. The van der Waals surface area contributed by atoms with E-state index in [2.05, 4.69) is 24.1 Å². The molecule has 6 nitrogen and oxygen atoms in total. The normalized spacial score (nSPS) is 17.2. The van der Waals surface area contributed by atoms with Gasteiger partial charge in [-0.3, -0.25) is 14.5 Å². The maximum atomic E-state index is 12.6. The summed E-state index contributed by atoms with van der Waals surface area (Å²) in [7, 11) is 2.02. The lowest BCUT2D eigenvalue weighted by molar-refractivity contribution is -0.145. The van der Waals surface area contributed by atoms with Crippen LogP contribution in [0.3, 0.4) is 0 Å². The third-order valence-electron chi connectivity index (χ3n) is 4.91. The van der Waals surface area contributed by atoms with Gasteiger partial charge in [0, 0.05) is 31.9 Å². The molecule has 1 heterocycles. The molecule has 1 aliphatic heterocycles. The van der Waals surface area contributed by atoms with Gasteiger partial charge in [-0.15, -0.1) is 0 Å². The molecular formula is C19H29N3O3. The first-order valence-corrected chi connectivity index (χ1v) is 9.02. The lowest BCUT2D eigenvalue weighted by atomic mass is 10.0. The van der Waals surface area contributed by atoms with E-state index in [9.17, 15) is 14.7 Å². The Morgan fingerprint density at radius 2 is 1.68 bits per heavy atom. The molecule has 0 radical (unpaired) electrons. The number of aryl methyl sites for hydroxylation is 2. The van der Waals surface area contributed by atoms with Crippen LogP contribution in [-0.4, -0.2) is 66.1 Å². The highest BCUT2D eigenvalue weighted by molar-refractivity contribution is 5.95. The topological polar surface area (TPSA) is 72.9 Å². The molecule has 2 rings (SSSR count). The van der Waals surface area contributed by atoms with Gasteiger partial charge < -0.3 is 15.3 Å². The number of nitrogens with zero attached hydrogens (tertiary/aromatic N) is 2. The van der Waals surface area contributed by atoms with Crippen molar-refractivity contribution in [2.75, 3.05) is 38.5 Å². The average Bonchev–Trinajstić information content (AvgIpc) is 2.60. The van der Waals surface area contributed by atoms with Crippen molar-refractivity contribution in [3.05, 3.63) is 29.3 Å². The Morgan fingerprint density at radius 1 is 1.12 bits per heavy atom. The fourth-order valence-corrected chi connectivity index (χ4v) is 3.28. The van der Waals surface area contributed by atoms with Crippen LogP contribution in [-0.2, 0) is 22.4 Å². The van der Waals surface area contributed by atoms with Gasteiger partial charge in [0.25, 0.3) is 0 Å². The highest BCUT2D eigenvalue weighted by Gasteiger charge is 2.30. The Labute approximate surface area is 149 Å². The number of carbonyl (C=O) groups excluding carboxylic acids is 1. The zero-order valence-corrected chi connectivity index (χ0v) is 15.4. The number of anilines is 1. The Morgan fingerprint density at radius 3 is 2.16 bits per heavy atom. The van der Waals surface area contributed by atoms with Crippen LogP contribution in [0.5, 0.6) is 0 Å². The summed E-state index contributed by atoms with van der Waals surface area (Å²) >= 11 is 0. The summed E-state index contributed by atoms with van der Waals surface area (Å²) < 4.78 is 0. The Bertz CT molecular complexity index is 588. The largest absolute Gasteiger partial charge is 0.480 e. The van der Waals surface area contributed by atoms with Gasteiger partial charge in [-0.25, -0.2) is 0 Å². The Kier molecular flexibility index (Phi) is 6.96. The fraction of sp³-hybridized carbons (Fsp3) is 0.579. The van der Waals surface area contributed by atoms with Crippen LogP contribution in [0.15, 0.2) is 18.2 Å². The molecule has 1 fully saturated rings. The van der Waals surface area contributed by atoms with Gasteiger partial charge in [-0.1, -0.05) is 32.0 Å².